The van der Waals surface area contributed by atoms with Crippen LogP contribution in [0.5, 0.6) is 0 Å². The molecule has 17 heavy (non-hydrogen) atoms. The lowest BCUT2D eigenvalue weighted by atomic mass is 10.1. The smallest absolute Gasteiger partial charge is 0.0702 e. The molecule has 0 aliphatic heterocycles. The summed E-state index contributed by atoms with van der Waals surface area (Å²) in [6.07, 6.45) is 1.92. The Morgan fingerprint density at radius 3 is 2.59 bits per heavy atom. The van der Waals surface area contributed by atoms with E-state index in [1.807, 2.05) is 36.5 Å². The van der Waals surface area contributed by atoms with E-state index in [0.29, 0.717) is 0 Å². The van der Waals surface area contributed by atoms with Gasteiger partial charge in [-0.25, -0.2) is 0 Å². The Balaban J connectivity index is 2.18. The quantitative estimate of drug-likeness (QED) is 0.633. The molecule has 0 aliphatic rings. The molecule has 0 amide bonds. The molecule has 0 radical (unpaired) electrons. The van der Waals surface area contributed by atoms with E-state index in [-0.39, 0.29) is 0 Å². The standard InChI is InChI=1S/C15H10BrN/c16-14-6-3-5-11(9-14)13-8-12-4-1-2-7-15(12)17-10-13/h1-10H. The van der Waals surface area contributed by atoms with Gasteiger partial charge in [0.05, 0.1) is 5.52 Å². The maximum atomic E-state index is 4.47. The van der Waals surface area contributed by atoms with Crippen molar-refractivity contribution < 1.29 is 0 Å². The van der Waals surface area contributed by atoms with Crippen molar-refractivity contribution in [1.29, 1.82) is 0 Å². The fraction of sp³-hybridized carbons (Fsp3) is 0. The number of benzene rings is 2. The van der Waals surface area contributed by atoms with Crippen molar-refractivity contribution in [3.63, 3.8) is 0 Å². The molecule has 0 fully saturated rings. The lowest BCUT2D eigenvalue weighted by Crippen LogP contribution is -1.82. The predicted octanol–water partition coefficient (Wildman–Crippen LogP) is 4.66. The third-order valence-electron chi connectivity index (χ3n) is 2.75. The minimum absolute atomic E-state index is 1.03. The minimum Gasteiger partial charge on any atom is -0.256 e. The van der Waals surface area contributed by atoms with Crippen LogP contribution in [0.25, 0.3) is 22.0 Å². The molecule has 0 saturated heterocycles. The summed E-state index contributed by atoms with van der Waals surface area (Å²) < 4.78 is 1.09. The highest BCUT2D eigenvalue weighted by Gasteiger charge is 2.00. The third kappa shape index (κ3) is 2.08. The summed E-state index contributed by atoms with van der Waals surface area (Å²) in [7, 11) is 0. The summed E-state index contributed by atoms with van der Waals surface area (Å²) >= 11 is 3.49. The average molecular weight is 284 g/mol. The van der Waals surface area contributed by atoms with Gasteiger partial charge < -0.3 is 0 Å². The van der Waals surface area contributed by atoms with E-state index in [2.05, 4.69) is 45.2 Å². The van der Waals surface area contributed by atoms with Crippen molar-refractivity contribution in [3.8, 4) is 11.1 Å². The lowest BCUT2D eigenvalue weighted by molar-refractivity contribution is 1.41. The van der Waals surface area contributed by atoms with Gasteiger partial charge in [-0.3, -0.25) is 4.98 Å². The van der Waals surface area contributed by atoms with Gasteiger partial charge in [0.1, 0.15) is 0 Å². The maximum absolute atomic E-state index is 4.47. The first kappa shape index (κ1) is 10.5. The van der Waals surface area contributed by atoms with Gasteiger partial charge in [0.25, 0.3) is 0 Å². The Bertz CT molecular complexity index is 676. The lowest BCUT2D eigenvalue weighted by Gasteiger charge is -2.03. The summed E-state index contributed by atoms with van der Waals surface area (Å²) in [5.74, 6) is 0. The van der Waals surface area contributed by atoms with E-state index in [1.165, 1.54) is 10.9 Å². The van der Waals surface area contributed by atoms with Crippen molar-refractivity contribution in [2.45, 2.75) is 0 Å². The van der Waals surface area contributed by atoms with Gasteiger partial charge in [-0.2, -0.15) is 0 Å². The molecule has 2 heteroatoms. The number of rotatable bonds is 1. The van der Waals surface area contributed by atoms with Crippen molar-refractivity contribution in [2.24, 2.45) is 0 Å². The zero-order chi connectivity index (χ0) is 11.7. The molecule has 0 spiro atoms. The molecule has 1 heterocycles. The first-order chi connectivity index (χ1) is 8.33. The summed E-state index contributed by atoms with van der Waals surface area (Å²) in [5.41, 5.74) is 3.36. The number of para-hydroxylation sites is 1. The van der Waals surface area contributed by atoms with Gasteiger partial charge in [0.15, 0.2) is 0 Å². The van der Waals surface area contributed by atoms with Crippen LogP contribution in [-0.2, 0) is 0 Å². The molecule has 2 aromatic carbocycles. The predicted molar refractivity (Wildman–Crippen MR) is 74.9 cm³/mol. The van der Waals surface area contributed by atoms with Crippen LogP contribution in [-0.4, -0.2) is 4.98 Å². The molecule has 3 rings (SSSR count). The van der Waals surface area contributed by atoms with Crippen LogP contribution in [0.2, 0.25) is 0 Å². The Kier molecular flexibility index (Phi) is 2.65. The monoisotopic (exact) mass is 283 g/mol. The van der Waals surface area contributed by atoms with Gasteiger partial charge in [0, 0.05) is 21.6 Å². The average Bonchev–Trinajstić information content (AvgIpc) is 2.38. The number of halogens is 1. The Hall–Kier alpha value is -1.67. The van der Waals surface area contributed by atoms with Gasteiger partial charge in [-0.15, -0.1) is 0 Å². The van der Waals surface area contributed by atoms with Crippen molar-refractivity contribution in [2.75, 3.05) is 0 Å². The van der Waals surface area contributed by atoms with E-state index < -0.39 is 0 Å². The van der Waals surface area contributed by atoms with Gasteiger partial charge in [0.2, 0.25) is 0 Å². The van der Waals surface area contributed by atoms with Crippen LogP contribution in [0, 0.1) is 0 Å². The highest BCUT2D eigenvalue weighted by molar-refractivity contribution is 9.10. The Morgan fingerprint density at radius 1 is 0.824 bits per heavy atom. The van der Waals surface area contributed by atoms with Crippen LogP contribution < -0.4 is 0 Å². The van der Waals surface area contributed by atoms with Crippen molar-refractivity contribution in [3.05, 3.63) is 65.3 Å². The van der Waals surface area contributed by atoms with Crippen molar-refractivity contribution in [1.82, 2.24) is 4.98 Å². The molecule has 0 saturated carbocycles. The summed E-state index contributed by atoms with van der Waals surface area (Å²) in [5, 5.41) is 1.17. The molecule has 0 N–H and O–H groups in total. The van der Waals surface area contributed by atoms with Crippen LogP contribution in [0.4, 0.5) is 0 Å². The highest BCUT2D eigenvalue weighted by atomic mass is 79.9. The van der Waals surface area contributed by atoms with E-state index in [0.717, 1.165) is 15.6 Å². The Labute approximate surface area is 108 Å². The van der Waals surface area contributed by atoms with Gasteiger partial charge in [-0.05, 0) is 29.8 Å². The molecule has 0 aliphatic carbocycles. The molecule has 0 unspecified atom stereocenters. The topological polar surface area (TPSA) is 12.9 Å². The number of hydrogen-bond donors (Lipinski definition) is 0. The zero-order valence-electron chi connectivity index (χ0n) is 9.10. The Morgan fingerprint density at radius 2 is 1.71 bits per heavy atom. The molecule has 0 bridgehead atoms. The number of nitrogens with zero attached hydrogens (tertiary/aromatic N) is 1. The van der Waals surface area contributed by atoms with E-state index >= 15 is 0 Å². The summed E-state index contributed by atoms with van der Waals surface area (Å²) in [6.45, 7) is 0. The third-order valence-corrected chi connectivity index (χ3v) is 3.24. The second-order valence-electron chi connectivity index (χ2n) is 3.93. The van der Waals surface area contributed by atoms with Crippen LogP contribution in [0.1, 0.15) is 0 Å². The molecule has 1 aromatic heterocycles. The SMILES string of the molecule is Brc1cccc(-c2cnc3ccccc3c2)c1. The first-order valence-electron chi connectivity index (χ1n) is 5.44. The molecule has 82 valence electrons. The largest absolute Gasteiger partial charge is 0.256 e. The fourth-order valence-corrected chi connectivity index (χ4v) is 2.30. The van der Waals surface area contributed by atoms with E-state index in [1.54, 1.807) is 0 Å². The summed E-state index contributed by atoms with van der Waals surface area (Å²) in [6, 6.07) is 18.6. The second-order valence-corrected chi connectivity index (χ2v) is 4.84. The number of hydrogen-bond acceptors (Lipinski definition) is 1. The number of fused-ring (bicyclic) bond motifs is 1. The van der Waals surface area contributed by atoms with E-state index in [4.69, 9.17) is 0 Å². The first-order valence-corrected chi connectivity index (χ1v) is 6.23. The minimum atomic E-state index is 1.03. The van der Waals surface area contributed by atoms with Crippen LogP contribution in [0.15, 0.2) is 65.3 Å². The molecule has 1 nitrogen and oxygen atoms in total. The number of aromatic nitrogens is 1. The normalized spacial score (nSPS) is 10.6. The van der Waals surface area contributed by atoms with E-state index in [9.17, 15) is 0 Å². The van der Waals surface area contributed by atoms with Crippen LogP contribution >= 0.6 is 15.9 Å². The second kappa shape index (κ2) is 4.30. The van der Waals surface area contributed by atoms with Gasteiger partial charge in [-0.1, -0.05) is 46.3 Å². The van der Waals surface area contributed by atoms with Crippen LogP contribution in [0.3, 0.4) is 0 Å². The highest BCUT2D eigenvalue weighted by Crippen LogP contribution is 2.24. The number of pyridine rings is 1. The summed E-state index contributed by atoms with van der Waals surface area (Å²) in [4.78, 5) is 4.47. The zero-order valence-corrected chi connectivity index (χ0v) is 10.7. The maximum Gasteiger partial charge on any atom is 0.0702 e. The molecule has 0 atom stereocenters. The molecular weight excluding hydrogens is 274 g/mol. The molecule has 3 aromatic rings. The van der Waals surface area contributed by atoms with Crippen molar-refractivity contribution >= 4 is 26.8 Å². The fourth-order valence-electron chi connectivity index (χ4n) is 1.90. The molecular formula is C15H10BrN. The van der Waals surface area contributed by atoms with Gasteiger partial charge >= 0.3 is 0 Å².